The first-order chi connectivity index (χ1) is 30.1. The Morgan fingerprint density at radius 3 is 2.25 bits per heavy atom. The second kappa shape index (κ2) is 18.8. The van der Waals surface area contributed by atoms with Crippen molar-refractivity contribution in [3.05, 3.63) is 143 Å². The van der Waals surface area contributed by atoms with Gasteiger partial charge in [-0.25, -0.2) is 14.0 Å². The number of ether oxygens (including phenoxy) is 2. The molecule has 1 fully saturated rings. The zero-order valence-electron chi connectivity index (χ0n) is 36.5. The number of carbonyl (C=O) groups excluding carboxylic acids is 5. The molecule has 7 rings (SSSR count). The van der Waals surface area contributed by atoms with Crippen LogP contribution in [-0.2, 0) is 25.5 Å². The second-order valence-electron chi connectivity index (χ2n) is 17.5. The Balaban J connectivity index is 1.06. The Morgan fingerprint density at radius 2 is 1.60 bits per heavy atom. The van der Waals surface area contributed by atoms with Gasteiger partial charge in [-0.2, -0.15) is 0 Å². The van der Waals surface area contributed by atoms with Gasteiger partial charge in [0.1, 0.15) is 30.1 Å². The van der Waals surface area contributed by atoms with Crippen LogP contribution in [-0.4, -0.2) is 82.5 Å². The molecule has 0 spiro atoms. The monoisotopic (exact) mass is 855 g/mol. The van der Waals surface area contributed by atoms with Crippen LogP contribution in [0.25, 0.3) is 11.1 Å². The molecule has 4 aromatic rings. The highest BCUT2D eigenvalue weighted by molar-refractivity contribution is 6.09. The van der Waals surface area contributed by atoms with Crippen molar-refractivity contribution in [3.8, 4) is 11.1 Å². The maximum Gasteiger partial charge on any atom is 0.411 e. The summed E-state index contributed by atoms with van der Waals surface area (Å²) in [7, 11) is 1.46. The topological polar surface area (TPSA) is 147 Å². The summed E-state index contributed by atoms with van der Waals surface area (Å²) in [6, 6.07) is 22.4. The first kappa shape index (κ1) is 44.4. The molecule has 4 atom stereocenters. The molecule has 3 aromatic carbocycles. The molecule has 12 nitrogen and oxygen atoms in total. The minimum atomic E-state index is -1.05. The van der Waals surface area contributed by atoms with E-state index >= 15 is 0 Å². The number of Topliss-reactive ketones (excluding diaryl/α,β-unsaturated/α-hetero) is 1. The number of nitrogens with one attached hydrogen (secondary N) is 2. The average Bonchev–Trinajstić information content (AvgIpc) is 3.88. The summed E-state index contributed by atoms with van der Waals surface area (Å²) in [5, 5.41) is 5.72. The number of amides is 4. The number of allylic oxidation sites excluding steroid dienone is 4. The first-order valence-corrected chi connectivity index (χ1v) is 21.4. The molecule has 13 heteroatoms. The molecule has 4 amide bonds. The maximum absolute atomic E-state index is 14.7. The predicted octanol–water partition coefficient (Wildman–Crippen LogP) is 9.09. The molecule has 328 valence electrons. The van der Waals surface area contributed by atoms with Gasteiger partial charge < -0.3 is 19.7 Å². The number of halogens is 1. The molecule has 2 aliphatic carbocycles. The van der Waals surface area contributed by atoms with E-state index in [0.29, 0.717) is 47.3 Å². The van der Waals surface area contributed by atoms with Gasteiger partial charge in [0, 0.05) is 61.6 Å². The molecular formula is C50H54FN5O7. The van der Waals surface area contributed by atoms with Gasteiger partial charge in [0.25, 0.3) is 0 Å². The lowest BCUT2D eigenvalue weighted by Gasteiger charge is -2.32. The molecule has 1 unspecified atom stereocenters. The molecule has 1 aliphatic heterocycles. The quantitative estimate of drug-likeness (QED) is 0.134. The molecule has 2 heterocycles. The molecule has 2 N–H and O–H groups in total. The zero-order valence-corrected chi connectivity index (χ0v) is 36.5. The molecule has 0 saturated carbocycles. The number of aromatic nitrogens is 1. The molecule has 63 heavy (non-hydrogen) atoms. The number of ketones is 1. The number of pyridine rings is 1. The summed E-state index contributed by atoms with van der Waals surface area (Å²) >= 11 is 0. The minimum Gasteiger partial charge on any atom is -0.448 e. The van der Waals surface area contributed by atoms with Gasteiger partial charge in [0.15, 0.2) is 5.78 Å². The second-order valence-corrected chi connectivity index (χ2v) is 17.5. The smallest absolute Gasteiger partial charge is 0.411 e. The lowest BCUT2D eigenvalue weighted by Crippen LogP contribution is -2.55. The van der Waals surface area contributed by atoms with E-state index in [-0.39, 0.29) is 48.8 Å². The SMILES string of the molecule is CC1CC(F)=CC=C1C(=O)c1cncc([C@@H]2CCCN2C(=O)[C@H](Cc2ccc(NC(=O)OCC3c4ccccc4-c4ccccc43)cc2)NC(=O)[C@H](C)N(C)C(=O)OC(C)(C)C)c1. The first-order valence-electron chi connectivity index (χ1n) is 21.4. The Hall–Kier alpha value is -6.63. The van der Waals surface area contributed by atoms with Crippen molar-refractivity contribution < 1.29 is 37.8 Å². The van der Waals surface area contributed by atoms with Gasteiger partial charge in [-0.1, -0.05) is 73.7 Å². The van der Waals surface area contributed by atoms with E-state index in [1.54, 1.807) is 76.0 Å². The summed E-state index contributed by atoms with van der Waals surface area (Å²) in [6.45, 7) is 9.12. The highest BCUT2D eigenvalue weighted by Gasteiger charge is 2.37. The van der Waals surface area contributed by atoms with Crippen molar-refractivity contribution in [2.45, 2.75) is 89.9 Å². The Bertz CT molecular complexity index is 2410. The molecular weight excluding hydrogens is 802 g/mol. The summed E-state index contributed by atoms with van der Waals surface area (Å²) in [4.78, 5) is 75.3. The van der Waals surface area contributed by atoms with E-state index in [4.69, 9.17) is 9.47 Å². The number of benzene rings is 3. The number of carbonyl (C=O) groups is 5. The fourth-order valence-corrected chi connectivity index (χ4v) is 8.50. The summed E-state index contributed by atoms with van der Waals surface area (Å²) < 4.78 is 25.1. The van der Waals surface area contributed by atoms with Crippen molar-refractivity contribution in [1.82, 2.24) is 20.1 Å². The van der Waals surface area contributed by atoms with E-state index < -0.39 is 41.8 Å². The van der Waals surface area contributed by atoms with Crippen LogP contribution >= 0.6 is 0 Å². The van der Waals surface area contributed by atoms with Crippen molar-refractivity contribution in [1.29, 1.82) is 0 Å². The number of hydrogen-bond donors (Lipinski definition) is 2. The number of likely N-dealkylation sites (N-methyl/N-ethyl adjacent to an activating group) is 1. The highest BCUT2D eigenvalue weighted by atomic mass is 19.1. The van der Waals surface area contributed by atoms with Crippen LogP contribution in [0.15, 0.2) is 115 Å². The summed E-state index contributed by atoms with van der Waals surface area (Å²) in [5.74, 6) is -1.82. The number of anilines is 1. The lowest BCUT2D eigenvalue weighted by molar-refractivity contribution is -0.138. The fraction of sp³-hybridized carbons (Fsp3) is 0.360. The van der Waals surface area contributed by atoms with Gasteiger partial charge in [-0.05, 0) is 104 Å². The van der Waals surface area contributed by atoms with E-state index in [0.717, 1.165) is 22.3 Å². The Kier molecular flexibility index (Phi) is 13.2. The maximum atomic E-state index is 14.7. The van der Waals surface area contributed by atoms with E-state index in [1.807, 2.05) is 24.3 Å². The Morgan fingerprint density at radius 1 is 0.937 bits per heavy atom. The van der Waals surface area contributed by atoms with Gasteiger partial charge in [0.2, 0.25) is 11.8 Å². The molecule has 3 aliphatic rings. The molecule has 0 bridgehead atoms. The molecule has 0 radical (unpaired) electrons. The number of hydrogen-bond acceptors (Lipinski definition) is 8. The third-order valence-corrected chi connectivity index (χ3v) is 11.9. The van der Waals surface area contributed by atoms with Crippen LogP contribution in [0.1, 0.15) is 98.5 Å². The van der Waals surface area contributed by atoms with Crippen molar-refractivity contribution in [2.75, 3.05) is 25.5 Å². The lowest BCUT2D eigenvalue weighted by atomic mass is 9.87. The van der Waals surface area contributed by atoms with Crippen molar-refractivity contribution in [3.63, 3.8) is 0 Å². The van der Waals surface area contributed by atoms with Crippen LogP contribution in [0, 0.1) is 5.92 Å². The standard InChI is InChI=1S/C50H54FN5O7/c1-30-24-35(51)19-22-37(30)45(57)34-26-33(27-52-28-34)44-16-11-23-56(44)47(59)43(54-46(58)31(2)55(6)49(61)63-50(3,4)5)25-32-17-20-36(21-18-32)53-48(60)62-29-42-40-14-9-7-12-38(40)39-13-8-10-15-41(39)42/h7-10,12-15,17-22,26-28,30-31,42-44H,11,16,23-25,29H2,1-6H3,(H,53,60)(H,54,58)/t30?,31-,43-,44-/m0/s1. The number of likely N-dealkylation sites (tertiary alicyclic amines) is 1. The third kappa shape index (κ3) is 10.2. The normalized spacial score (nSPS) is 17.9. The fourth-order valence-electron chi connectivity index (χ4n) is 8.50. The van der Waals surface area contributed by atoms with E-state index in [2.05, 4.69) is 39.9 Å². The number of rotatable bonds is 12. The van der Waals surface area contributed by atoms with Gasteiger partial charge in [-0.15, -0.1) is 0 Å². The van der Waals surface area contributed by atoms with Crippen LogP contribution in [0.3, 0.4) is 0 Å². The van der Waals surface area contributed by atoms with Gasteiger partial charge in [0.05, 0.1) is 6.04 Å². The highest BCUT2D eigenvalue weighted by Crippen LogP contribution is 2.44. The summed E-state index contributed by atoms with van der Waals surface area (Å²) in [5.41, 5.74) is 6.38. The van der Waals surface area contributed by atoms with Crippen molar-refractivity contribution >= 4 is 35.5 Å². The summed E-state index contributed by atoms with van der Waals surface area (Å²) in [6.07, 6.45) is 6.17. The van der Waals surface area contributed by atoms with Crippen LogP contribution in [0.5, 0.6) is 0 Å². The van der Waals surface area contributed by atoms with E-state index in [1.165, 1.54) is 30.3 Å². The van der Waals surface area contributed by atoms with Gasteiger partial charge in [-0.3, -0.25) is 29.6 Å². The van der Waals surface area contributed by atoms with Crippen molar-refractivity contribution in [2.24, 2.45) is 5.92 Å². The third-order valence-electron chi connectivity index (χ3n) is 11.9. The number of nitrogens with zero attached hydrogens (tertiary/aromatic N) is 3. The zero-order chi connectivity index (χ0) is 45.0. The molecule has 1 saturated heterocycles. The number of fused-ring (bicyclic) bond motifs is 3. The largest absolute Gasteiger partial charge is 0.448 e. The predicted molar refractivity (Wildman–Crippen MR) is 238 cm³/mol. The molecule has 1 aromatic heterocycles. The van der Waals surface area contributed by atoms with Gasteiger partial charge >= 0.3 is 12.2 Å². The Labute approximate surface area is 367 Å². The van der Waals surface area contributed by atoms with Crippen LogP contribution in [0.4, 0.5) is 19.7 Å². The van der Waals surface area contributed by atoms with Crippen LogP contribution < -0.4 is 10.6 Å². The average molecular weight is 856 g/mol. The van der Waals surface area contributed by atoms with Crippen LogP contribution in [0.2, 0.25) is 0 Å². The minimum absolute atomic E-state index is 0.0902. The van der Waals surface area contributed by atoms with E-state index in [9.17, 15) is 28.4 Å².